The highest BCUT2D eigenvalue weighted by Gasteiger charge is 2.22. The lowest BCUT2D eigenvalue weighted by Crippen LogP contribution is -2.28. The Morgan fingerprint density at radius 2 is 1.85 bits per heavy atom. The van der Waals surface area contributed by atoms with Crippen LogP contribution in [0.5, 0.6) is 0 Å². The number of fused-ring (bicyclic) bond motifs is 1. The Labute approximate surface area is 248 Å². The Morgan fingerprint density at radius 1 is 1.02 bits per heavy atom. The Morgan fingerprint density at radius 3 is 2.61 bits per heavy atom. The third-order valence-electron chi connectivity index (χ3n) is 8.41. The maximum Gasteiger partial charge on any atom is 0.158 e. The fourth-order valence-corrected chi connectivity index (χ4v) is 5.94. The number of ketones is 1. The van der Waals surface area contributed by atoms with Crippen LogP contribution in [0.3, 0.4) is 0 Å². The van der Waals surface area contributed by atoms with Gasteiger partial charge in [0.15, 0.2) is 5.78 Å². The first-order valence-electron chi connectivity index (χ1n) is 15.8. The van der Waals surface area contributed by atoms with E-state index in [1.54, 1.807) is 5.57 Å². The quantitative estimate of drug-likeness (QED) is 0.243. The molecule has 0 atom stereocenters. The van der Waals surface area contributed by atoms with E-state index in [1.165, 1.54) is 52.0 Å². The average Bonchev–Trinajstić information content (AvgIpc) is 3.19. The summed E-state index contributed by atoms with van der Waals surface area (Å²) in [5.41, 5.74) is 11.5. The molecule has 0 aromatic heterocycles. The smallest absolute Gasteiger partial charge is 0.158 e. The van der Waals surface area contributed by atoms with E-state index in [4.69, 9.17) is 0 Å². The van der Waals surface area contributed by atoms with Gasteiger partial charge in [-0.25, -0.2) is 0 Å². The summed E-state index contributed by atoms with van der Waals surface area (Å²) < 4.78 is 0. The summed E-state index contributed by atoms with van der Waals surface area (Å²) in [7, 11) is 0. The van der Waals surface area contributed by atoms with E-state index in [0.717, 1.165) is 70.0 Å². The molecule has 0 fully saturated rings. The highest BCUT2D eigenvalue weighted by atomic mass is 16.1. The number of rotatable bonds is 12. The lowest BCUT2D eigenvalue weighted by Gasteiger charge is -2.31. The second-order valence-electron chi connectivity index (χ2n) is 11.4. The molecule has 216 valence electrons. The zero-order chi connectivity index (χ0) is 29.0. The van der Waals surface area contributed by atoms with Gasteiger partial charge in [-0.05, 0) is 97.8 Å². The van der Waals surface area contributed by atoms with Crippen LogP contribution in [0.2, 0.25) is 0 Å². The molecule has 0 spiro atoms. The van der Waals surface area contributed by atoms with Gasteiger partial charge in [0.25, 0.3) is 0 Å². The number of carbonyl (C=O) groups is 1. The maximum atomic E-state index is 12.3. The number of benzene rings is 1. The van der Waals surface area contributed by atoms with Crippen molar-refractivity contribution >= 4 is 23.6 Å². The number of Topliss-reactive ketones (excluding diaryl/α,β-unsaturated/α-hetero) is 1. The first-order chi connectivity index (χ1) is 20.0. The van der Waals surface area contributed by atoms with Crippen LogP contribution < -0.4 is 0 Å². The fraction of sp³-hybridized carbons (Fsp3) is 0.421. The van der Waals surface area contributed by atoms with Crippen molar-refractivity contribution in [1.29, 1.82) is 0 Å². The van der Waals surface area contributed by atoms with Crippen LogP contribution in [0.1, 0.15) is 103 Å². The van der Waals surface area contributed by atoms with Crippen molar-refractivity contribution in [3.05, 3.63) is 106 Å². The van der Waals surface area contributed by atoms with E-state index < -0.39 is 0 Å². The number of carbonyl (C=O) groups excluding carboxylic acids is 1. The van der Waals surface area contributed by atoms with Gasteiger partial charge in [0.05, 0.1) is 0 Å². The molecule has 4 rings (SSSR count). The van der Waals surface area contributed by atoms with Gasteiger partial charge < -0.3 is 4.90 Å². The van der Waals surface area contributed by atoms with E-state index in [0.29, 0.717) is 12.2 Å². The van der Waals surface area contributed by atoms with Gasteiger partial charge in [0, 0.05) is 43.2 Å². The third-order valence-corrected chi connectivity index (χ3v) is 8.41. The van der Waals surface area contributed by atoms with Gasteiger partial charge in [0.2, 0.25) is 0 Å². The molecule has 41 heavy (non-hydrogen) atoms. The number of aliphatic imine (C=N–C) groups is 1. The summed E-state index contributed by atoms with van der Waals surface area (Å²) in [4.78, 5) is 19.3. The molecule has 0 unspecified atom stereocenters. The van der Waals surface area contributed by atoms with Crippen molar-refractivity contribution in [2.75, 3.05) is 13.1 Å². The number of nitrogens with zero attached hydrogens (tertiary/aromatic N) is 2. The largest absolute Gasteiger partial charge is 0.371 e. The summed E-state index contributed by atoms with van der Waals surface area (Å²) in [5.74, 6) is 0.301. The number of hydrogen-bond acceptors (Lipinski definition) is 3. The average molecular weight is 549 g/mol. The molecule has 0 radical (unpaired) electrons. The van der Waals surface area contributed by atoms with Crippen LogP contribution in [0.25, 0.3) is 11.6 Å². The molecular weight excluding hydrogens is 500 g/mol. The van der Waals surface area contributed by atoms with Crippen molar-refractivity contribution in [2.24, 2.45) is 4.99 Å². The predicted octanol–water partition coefficient (Wildman–Crippen LogP) is 9.96. The third kappa shape index (κ3) is 8.52. The molecule has 3 heteroatoms. The first-order valence-corrected chi connectivity index (χ1v) is 15.8. The number of hydrogen-bond donors (Lipinski definition) is 0. The molecule has 0 bridgehead atoms. The molecule has 3 aliphatic rings. The topological polar surface area (TPSA) is 32.7 Å². The summed E-state index contributed by atoms with van der Waals surface area (Å²) in [6, 6.07) is 9.09. The minimum atomic E-state index is 0.301. The van der Waals surface area contributed by atoms with Gasteiger partial charge in [-0.15, -0.1) is 0 Å². The van der Waals surface area contributed by atoms with Crippen molar-refractivity contribution in [1.82, 2.24) is 4.90 Å². The van der Waals surface area contributed by atoms with E-state index in [1.807, 2.05) is 19.3 Å². The van der Waals surface area contributed by atoms with E-state index in [9.17, 15) is 4.79 Å². The van der Waals surface area contributed by atoms with Gasteiger partial charge in [-0.1, -0.05) is 87.4 Å². The van der Waals surface area contributed by atoms with Crippen LogP contribution in [0.15, 0.2) is 99.9 Å². The minimum absolute atomic E-state index is 0.301. The zero-order valence-electron chi connectivity index (χ0n) is 25.6. The molecule has 1 aliphatic carbocycles. The lowest BCUT2D eigenvalue weighted by atomic mass is 9.88. The molecule has 0 saturated heterocycles. The molecular formula is C38H48N2O. The summed E-state index contributed by atoms with van der Waals surface area (Å²) in [5, 5.41) is 0. The highest BCUT2D eigenvalue weighted by molar-refractivity contribution is 5.95. The normalized spacial score (nSPS) is 19.0. The Bertz CT molecular complexity index is 1310. The Balaban J connectivity index is 1.50. The van der Waals surface area contributed by atoms with Crippen LogP contribution in [0.4, 0.5) is 0 Å². The molecule has 0 saturated carbocycles. The van der Waals surface area contributed by atoms with Crippen LogP contribution >= 0.6 is 0 Å². The monoisotopic (exact) mass is 548 g/mol. The SMILES string of the molecule is C=C(CC)CCC/C(=C\c1ccc(C2=CCC3=CN=CC=C(N4CC/C=C(\C(=O)CC)CCC4)C3=C2)cc1)CCC. The summed E-state index contributed by atoms with van der Waals surface area (Å²) in [6.07, 6.45) is 26.5. The molecule has 1 aromatic carbocycles. The van der Waals surface area contributed by atoms with Crippen molar-refractivity contribution in [3.63, 3.8) is 0 Å². The molecule has 2 heterocycles. The number of allylic oxidation sites excluding steroid dienone is 8. The van der Waals surface area contributed by atoms with Gasteiger partial charge in [-0.3, -0.25) is 9.79 Å². The van der Waals surface area contributed by atoms with E-state index in [-0.39, 0.29) is 0 Å². The minimum Gasteiger partial charge on any atom is -0.371 e. The maximum absolute atomic E-state index is 12.3. The van der Waals surface area contributed by atoms with E-state index in [2.05, 4.69) is 85.0 Å². The summed E-state index contributed by atoms with van der Waals surface area (Å²) >= 11 is 0. The zero-order valence-corrected chi connectivity index (χ0v) is 25.6. The lowest BCUT2D eigenvalue weighted by molar-refractivity contribution is -0.115. The second-order valence-corrected chi connectivity index (χ2v) is 11.4. The van der Waals surface area contributed by atoms with Crippen LogP contribution in [-0.2, 0) is 4.79 Å². The second kappa shape index (κ2) is 15.5. The predicted molar refractivity (Wildman–Crippen MR) is 177 cm³/mol. The van der Waals surface area contributed by atoms with Gasteiger partial charge >= 0.3 is 0 Å². The Kier molecular flexibility index (Phi) is 11.5. The van der Waals surface area contributed by atoms with Crippen molar-refractivity contribution in [2.45, 2.75) is 91.4 Å². The molecule has 3 nitrogen and oxygen atoms in total. The van der Waals surface area contributed by atoms with Crippen molar-refractivity contribution in [3.8, 4) is 0 Å². The fourth-order valence-electron chi connectivity index (χ4n) is 5.94. The van der Waals surface area contributed by atoms with Crippen LogP contribution in [0, 0.1) is 0 Å². The van der Waals surface area contributed by atoms with Gasteiger partial charge in [-0.2, -0.15) is 0 Å². The Hall–Kier alpha value is -3.46. The summed E-state index contributed by atoms with van der Waals surface area (Å²) in [6.45, 7) is 12.5. The highest BCUT2D eigenvalue weighted by Crippen LogP contribution is 2.36. The molecule has 2 aliphatic heterocycles. The molecule has 0 amide bonds. The van der Waals surface area contributed by atoms with Crippen molar-refractivity contribution < 1.29 is 4.79 Å². The molecule has 1 aromatic rings. The van der Waals surface area contributed by atoms with Gasteiger partial charge in [0.1, 0.15) is 0 Å². The van der Waals surface area contributed by atoms with Crippen LogP contribution in [-0.4, -0.2) is 30.0 Å². The van der Waals surface area contributed by atoms with E-state index >= 15 is 0 Å². The standard InChI is InChI=1S/C38H48N2O/c1-5-11-30(13-8-12-29(4)6-2)26-31-16-18-32(19-17-31)34-20-21-35-28-39-23-22-37(36(35)27-34)40-24-9-14-33(15-10-25-40)38(41)7-3/h14,16-20,22-23,26-28H,4-13,15,21,24-25H2,1-3H3/b30-26-,33-14-. The first kappa shape index (κ1) is 30.5. The molecule has 0 N–H and O–H groups in total.